The summed E-state index contributed by atoms with van der Waals surface area (Å²) in [5.41, 5.74) is -0.910. The van der Waals surface area contributed by atoms with E-state index in [-0.39, 0.29) is 0 Å². The molecule has 2 aromatic heterocycles. The summed E-state index contributed by atoms with van der Waals surface area (Å²) in [6.45, 7) is 3.17. The quantitative estimate of drug-likeness (QED) is 0.723. The molecule has 3 rings (SSSR count). The lowest BCUT2D eigenvalue weighted by Crippen LogP contribution is -2.47. The molecule has 6 nitrogen and oxygen atoms in total. The Morgan fingerprint density at radius 1 is 1.19 bits per heavy atom. The van der Waals surface area contributed by atoms with Gasteiger partial charge in [-0.3, -0.25) is 9.59 Å². The highest BCUT2D eigenvalue weighted by molar-refractivity contribution is 6.35. The molecule has 0 saturated carbocycles. The minimum atomic E-state index is -1.29. The van der Waals surface area contributed by atoms with Crippen LogP contribution in [0.25, 0.3) is 11.5 Å². The predicted molar refractivity (Wildman–Crippen MR) is 101 cm³/mol. The molecule has 0 radical (unpaired) electrons. The van der Waals surface area contributed by atoms with Gasteiger partial charge in [0.25, 0.3) is 11.5 Å². The first-order chi connectivity index (χ1) is 12.3. The first-order valence-electron chi connectivity index (χ1n) is 7.70. The molecule has 0 aliphatic heterocycles. The van der Waals surface area contributed by atoms with Crippen molar-refractivity contribution in [3.8, 4) is 11.5 Å². The number of benzene rings is 1. The first kappa shape index (κ1) is 18.2. The molecular formula is C18H15Cl2N3O3. The molecule has 0 aliphatic rings. The summed E-state index contributed by atoms with van der Waals surface area (Å²) in [5, 5.41) is 7.74. The van der Waals surface area contributed by atoms with E-state index in [9.17, 15) is 9.59 Å². The van der Waals surface area contributed by atoms with Gasteiger partial charge in [0, 0.05) is 11.1 Å². The van der Waals surface area contributed by atoms with E-state index in [0.29, 0.717) is 27.2 Å². The van der Waals surface area contributed by atoms with Gasteiger partial charge in [0.1, 0.15) is 11.2 Å². The fourth-order valence-electron chi connectivity index (χ4n) is 2.33. The fraction of sp³-hybridized carbons (Fsp3) is 0.167. The van der Waals surface area contributed by atoms with Gasteiger partial charge in [0.15, 0.2) is 5.76 Å². The highest BCUT2D eigenvalue weighted by atomic mass is 35.5. The standard InChI is InChI=1S/C18H15Cl2N3O3/c1-18(2,17(25)21-14-10-11(19)5-6-12(14)20)23-16(24)8-7-13(22-23)15-4-3-9-26-15/h3-10H,1-2H3,(H,21,25). The third kappa shape index (κ3) is 3.52. The van der Waals surface area contributed by atoms with E-state index in [4.69, 9.17) is 27.6 Å². The van der Waals surface area contributed by atoms with Crippen molar-refractivity contribution >= 4 is 34.8 Å². The monoisotopic (exact) mass is 391 g/mol. The van der Waals surface area contributed by atoms with Gasteiger partial charge in [0.05, 0.1) is 17.0 Å². The number of anilines is 1. The van der Waals surface area contributed by atoms with E-state index in [1.165, 1.54) is 18.4 Å². The lowest BCUT2D eigenvalue weighted by atomic mass is 10.0. The van der Waals surface area contributed by atoms with Gasteiger partial charge in [-0.25, -0.2) is 4.68 Å². The summed E-state index contributed by atoms with van der Waals surface area (Å²) in [7, 11) is 0. The van der Waals surface area contributed by atoms with Crippen LogP contribution in [0.3, 0.4) is 0 Å². The summed E-state index contributed by atoms with van der Waals surface area (Å²) >= 11 is 12.0. The van der Waals surface area contributed by atoms with Gasteiger partial charge in [-0.1, -0.05) is 23.2 Å². The van der Waals surface area contributed by atoms with Crippen LogP contribution in [0.15, 0.2) is 57.9 Å². The van der Waals surface area contributed by atoms with Crippen LogP contribution in [0.2, 0.25) is 10.0 Å². The summed E-state index contributed by atoms with van der Waals surface area (Å²) in [4.78, 5) is 25.1. The molecule has 0 unspecified atom stereocenters. The van der Waals surface area contributed by atoms with Crippen molar-refractivity contribution in [1.82, 2.24) is 9.78 Å². The van der Waals surface area contributed by atoms with Crippen molar-refractivity contribution in [2.24, 2.45) is 0 Å². The summed E-state index contributed by atoms with van der Waals surface area (Å²) in [5.74, 6) is 0.0284. The third-order valence-electron chi connectivity index (χ3n) is 3.84. The largest absolute Gasteiger partial charge is 0.463 e. The van der Waals surface area contributed by atoms with Gasteiger partial charge >= 0.3 is 0 Å². The molecule has 1 N–H and O–H groups in total. The topological polar surface area (TPSA) is 77.1 Å². The Balaban J connectivity index is 1.96. The number of hydrogen-bond acceptors (Lipinski definition) is 4. The Hall–Kier alpha value is -2.57. The number of nitrogens with zero attached hydrogens (tertiary/aromatic N) is 2. The van der Waals surface area contributed by atoms with Gasteiger partial charge in [0.2, 0.25) is 0 Å². The Morgan fingerprint density at radius 2 is 1.96 bits per heavy atom. The average molecular weight is 392 g/mol. The number of aromatic nitrogens is 2. The predicted octanol–water partition coefficient (Wildman–Crippen LogP) is 4.18. The highest BCUT2D eigenvalue weighted by Crippen LogP contribution is 2.27. The van der Waals surface area contributed by atoms with Gasteiger partial charge in [-0.05, 0) is 50.2 Å². The van der Waals surface area contributed by atoms with Crippen LogP contribution in [0, 0.1) is 0 Å². The maximum absolute atomic E-state index is 12.8. The first-order valence-corrected chi connectivity index (χ1v) is 8.46. The molecule has 134 valence electrons. The van der Waals surface area contributed by atoms with E-state index in [1.54, 1.807) is 44.2 Å². The maximum Gasteiger partial charge on any atom is 0.267 e. The molecule has 0 fully saturated rings. The Kier molecular flexibility index (Phi) is 4.89. The second-order valence-corrected chi connectivity index (χ2v) is 6.93. The average Bonchev–Trinajstić information content (AvgIpc) is 3.13. The zero-order valence-electron chi connectivity index (χ0n) is 14.0. The van der Waals surface area contributed by atoms with E-state index >= 15 is 0 Å². The molecule has 0 bridgehead atoms. The van der Waals surface area contributed by atoms with Crippen molar-refractivity contribution in [3.05, 3.63) is 69.1 Å². The van der Waals surface area contributed by atoms with Crippen LogP contribution >= 0.6 is 23.2 Å². The highest BCUT2D eigenvalue weighted by Gasteiger charge is 2.33. The number of amides is 1. The lowest BCUT2D eigenvalue weighted by Gasteiger charge is -2.25. The molecule has 26 heavy (non-hydrogen) atoms. The molecular weight excluding hydrogens is 377 g/mol. The van der Waals surface area contributed by atoms with Gasteiger partial charge in [-0.2, -0.15) is 5.10 Å². The fourth-order valence-corrected chi connectivity index (χ4v) is 2.67. The van der Waals surface area contributed by atoms with Crippen LogP contribution in [0.1, 0.15) is 13.8 Å². The van der Waals surface area contributed by atoms with Crippen molar-refractivity contribution in [2.75, 3.05) is 5.32 Å². The van der Waals surface area contributed by atoms with E-state index in [1.807, 2.05) is 0 Å². The number of carbonyl (C=O) groups is 1. The molecule has 0 spiro atoms. The second-order valence-electron chi connectivity index (χ2n) is 6.08. The molecule has 3 aromatic rings. The molecule has 1 aromatic carbocycles. The normalized spacial score (nSPS) is 11.4. The minimum Gasteiger partial charge on any atom is -0.463 e. The zero-order chi connectivity index (χ0) is 18.9. The number of furan rings is 1. The molecule has 8 heteroatoms. The zero-order valence-corrected chi connectivity index (χ0v) is 15.5. The van der Waals surface area contributed by atoms with Crippen LogP contribution in [0.4, 0.5) is 5.69 Å². The minimum absolute atomic E-state index is 0.336. The third-order valence-corrected chi connectivity index (χ3v) is 4.40. The Bertz CT molecular complexity index is 1010. The number of hydrogen-bond donors (Lipinski definition) is 1. The maximum atomic E-state index is 12.8. The van der Waals surface area contributed by atoms with E-state index in [0.717, 1.165) is 4.68 Å². The van der Waals surface area contributed by atoms with E-state index in [2.05, 4.69) is 10.4 Å². The summed E-state index contributed by atoms with van der Waals surface area (Å²) in [6.07, 6.45) is 1.51. The smallest absolute Gasteiger partial charge is 0.267 e. The van der Waals surface area contributed by atoms with Gasteiger partial charge < -0.3 is 9.73 Å². The van der Waals surface area contributed by atoms with Crippen LogP contribution in [-0.2, 0) is 10.3 Å². The van der Waals surface area contributed by atoms with Crippen LogP contribution in [-0.4, -0.2) is 15.7 Å². The number of nitrogens with one attached hydrogen (secondary N) is 1. The van der Waals surface area contributed by atoms with E-state index < -0.39 is 17.0 Å². The molecule has 0 saturated heterocycles. The van der Waals surface area contributed by atoms with Crippen molar-refractivity contribution < 1.29 is 9.21 Å². The van der Waals surface area contributed by atoms with Crippen LogP contribution < -0.4 is 10.9 Å². The summed E-state index contributed by atoms with van der Waals surface area (Å²) in [6, 6.07) is 11.0. The number of rotatable bonds is 4. The van der Waals surface area contributed by atoms with Crippen molar-refractivity contribution in [2.45, 2.75) is 19.4 Å². The molecule has 0 aliphatic carbocycles. The Morgan fingerprint density at radius 3 is 2.65 bits per heavy atom. The molecule has 1 amide bonds. The second kappa shape index (κ2) is 6.97. The van der Waals surface area contributed by atoms with Crippen molar-refractivity contribution in [3.63, 3.8) is 0 Å². The summed E-state index contributed by atoms with van der Waals surface area (Å²) < 4.78 is 6.41. The Labute approximate surface area is 159 Å². The van der Waals surface area contributed by atoms with Crippen molar-refractivity contribution in [1.29, 1.82) is 0 Å². The van der Waals surface area contributed by atoms with Crippen LogP contribution in [0.5, 0.6) is 0 Å². The van der Waals surface area contributed by atoms with Gasteiger partial charge in [-0.15, -0.1) is 0 Å². The lowest BCUT2D eigenvalue weighted by molar-refractivity contribution is -0.123. The number of halogens is 2. The number of carbonyl (C=O) groups excluding carboxylic acids is 1. The molecule has 2 heterocycles. The SMILES string of the molecule is CC(C)(C(=O)Nc1cc(Cl)ccc1Cl)n1nc(-c2ccco2)ccc1=O. The molecule has 0 atom stereocenters.